The molecule has 1 aromatic heterocycles. The second-order valence-electron chi connectivity index (χ2n) is 5.50. The van der Waals surface area contributed by atoms with Crippen molar-refractivity contribution in [1.82, 2.24) is 9.97 Å². The molecule has 0 aliphatic carbocycles. The van der Waals surface area contributed by atoms with E-state index in [9.17, 15) is 9.59 Å². The molecule has 122 valence electrons. The number of amides is 1. The Bertz CT molecular complexity index is 778. The number of H-pyrrole nitrogens is 1. The maximum atomic E-state index is 12.4. The minimum Gasteiger partial charge on any atom is -0.383 e. The van der Waals surface area contributed by atoms with Gasteiger partial charge in [-0.15, -0.1) is 0 Å². The predicted octanol–water partition coefficient (Wildman–Crippen LogP) is 2.40. The predicted molar refractivity (Wildman–Crippen MR) is 93.9 cm³/mol. The molecule has 2 rings (SSSR count). The molecule has 4 N–H and O–H groups in total. The Morgan fingerprint density at radius 2 is 1.87 bits per heavy atom. The Labute approximate surface area is 138 Å². The zero-order valence-corrected chi connectivity index (χ0v) is 14.4. The van der Waals surface area contributed by atoms with Crippen LogP contribution in [0.1, 0.15) is 23.6 Å². The van der Waals surface area contributed by atoms with Gasteiger partial charge in [0.15, 0.2) is 5.16 Å². The Morgan fingerprint density at radius 3 is 2.43 bits per heavy atom. The fourth-order valence-electron chi connectivity index (χ4n) is 2.33. The van der Waals surface area contributed by atoms with Gasteiger partial charge in [-0.05, 0) is 38.8 Å². The fraction of sp³-hybridized carbons (Fsp3) is 0.312. The molecule has 7 heteroatoms. The third kappa shape index (κ3) is 4.35. The third-order valence-electron chi connectivity index (χ3n) is 3.32. The Kier molecular flexibility index (Phi) is 5.10. The summed E-state index contributed by atoms with van der Waals surface area (Å²) in [5.74, 6) is -0.0239. The van der Waals surface area contributed by atoms with Gasteiger partial charge in [0.2, 0.25) is 5.91 Å². The maximum Gasteiger partial charge on any atom is 0.253 e. The highest BCUT2D eigenvalue weighted by molar-refractivity contribution is 8.00. The van der Waals surface area contributed by atoms with E-state index in [1.54, 1.807) is 6.92 Å². The molecule has 0 fully saturated rings. The highest BCUT2D eigenvalue weighted by Crippen LogP contribution is 2.25. The second-order valence-corrected chi connectivity index (χ2v) is 6.83. The summed E-state index contributed by atoms with van der Waals surface area (Å²) in [4.78, 5) is 30.4. The van der Waals surface area contributed by atoms with E-state index in [1.165, 1.54) is 6.07 Å². The first-order valence-corrected chi connectivity index (χ1v) is 8.06. The minimum atomic E-state index is -0.431. The van der Waals surface area contributed by atoms with Crippen LogP contribution in [-0.2, 0) is 4.79 Å². The highest BCUT2D eigenvalue weighted by atomic mass is 32.2. The first-order valence-electron chi connectivity index (χ1n) is 7.18. The van der Waals surface area contributed by atoms with Crippen molar-refractivity contribution >= 4 is 29.2 Å². The molecular formula is C16H20N4O2S. The highest BCUT2D eigenvalue weighted by Gasteiger charge is 2.18. The summed E-state index contributed by atoms with van der Waals surface area (Å²) in [6.45, 7) is 7.70. The largest absolute Gasteiger partial charge is 0.383 e. The lowest BCUT2D eigenvalue weighted by molar-refractivity contribution is -0.115. The fourth-order valence-corrected chi connectivity index (χ4v) is 3.15. The third-order valence-corrected chi connectivity index (χ3v) is 4.31. The van der Waals surface area contributed by atoms with Crippen LogP contribution in [0, 0.1) is 20.8 Å². The lowest BCUT2D eigenvalue weighted by Crippen LogP contribution is -2.24. The number of benzene rings is 1. The summed E-state index contributed by atoms with van der Waals surface area (Å²) in [5.41, 5.74) is 9.22. The smallest absolute Gasteiger partial charge is 0.253 e. The molecule has 6 nitrogen and oxygen atoms in total. The summed E-state index contributed by atoms with van der Waals surface area (Å²) in [6.07, 6.45) is 0. The monoisotopic (exact) mass is 332 g/mol. The number of thioether (sulfide) groups is 1. The van der Waals surface area contributed by atoms with Gasteiger partial charge >= 0.3 is 0 Å². The number of aromatic nitrogens is 2. The molecule has 1 amide bonds. The molecule has 2 aromatic rings. The van der Waals surface area contributed by atoms with Crippen molar-refractivity contribution in [2.75, 3.05) is 11.1 Å². The van der Waals surface area contributed by atoms with Gasteiger partial charge in [0.25, 0.3) is 5.56 Å². The van der Waals surface area contributed by atoms with E-state index < -0.39 is 5.25 Å². The van der Waals surface area contributed by atoms with Crippen molar-refractivity contribution in [3.8, 4) is 0 Å². The van der Waals surface area contributed by atoms with Gasteiger partial charge in [-0.25, -0.2) is 4.98 Å². The number of nitrogen functional groups attached to an aromatic ring is 1. The molecule has 0 saturated carbocycles. The summed E-state index contributed by atoms with van der Waals surface area (Å²) in [7, 11) is 0. The van der Waals surface area contributed by atoms with Crippen molar-refractivity contribution < 1.29 is 4.79 Å². The van der Waals surface area contributed by atoms with E-state index >= 15 is 0 Å². The zero-order chi connectivity index (χ0) is 17.1. The number of hydrogen-bond donors (Lipinski definition) is 3. The number of nitrogens with zero attached hydrogens (tertiary/aromatic N) is 1. The summed E-state index contributed by atoms with van der Waals surface area (Å²) >= 11 is 1.16. The number of aryl methyl sites for hydroxylation is 3. The normalized spacial score (nSPS) is 12.0. The average molecular weight is 332 g/mol. The zero-order valence-electron chi connectivity index (χ0n) is 13.6. The van der Waals surface area contributed by atoms with Crippen LogP contribution in [0.3, 0.4) is 0 Å². The molecule has 0 unspecified atom stereocenters. The number of aromatic amines is 1. The van der Waals surface area contributed by atoms with Crippen LogP contribution in [0.2, 0.25) is 0 Å². The molecule has 0 aliphatic rings. The van der Waals surface area contributed by atoms with Gasteiger partial charge < -0.3 is 16.0 Å². The van der Waals surface area contributed by atoms with E-state index in [0.717, 1.165) is 34.1 Å². The quantitative estimate of drug-likeness (QED) is 0.589. The molecule has 1 atom stereocenters. The molecule has 1 aromatic carbocycles. The number of nitrogens with one attached hydrogen (secondary N) is 2. The molecule has 0 spiro atoms. The van der Waals surface area contributed by atoms with Crippen molar-refractivity contribution in [2.45, 2.75) is 38.1 Å². The number of carbonyl (C=O) groups is 1. The minimum absolute atomic E-state index is 0.133. The van der Waals surface area contributed by atoms with Gasteiger partial charge in [0.1, 0.15) is 5.82 Å². The van der Waals surface area contributed by atoms with Crippen molar-refractivity contribution in [2.24, 2.45) is 0 Å². The Balaban J connectivity index is 2.13. The Hall–Kier alpha value is -2.28. The van der Waals surface area contributed by atoms with E-state index in [-0.39, 0.29) is 17.3 Å². The van der Waals surface area contributed by atoms with Crippen LogP contribution in [0.4, 0.5) is 11.5 Å². The Morgan fingerprint density at radius 1 is 1.26 bits per heavy atom. The van der Waals surface area contributed by atoms with Crippen molar-refractivity contribution in [1.29, 1.82) is 0 Å². The van der Waals surface area contributed by atoms with Gasteiger partial charge in [-0.3, -0.25) is 9.59 Å². The summed E-state index contributed by atoms with van der Waals surface area (Å²) < 4.78 is 0. The number of nitrogens with two attached hydrogens (primary N) is 1. The van der Waals surface area contributed by atoms with Crippen LogP contribution in [0.15, 0.2) is 28.2 Å². The van der Waals surface area contributed by atoms with Crippen LogP contribution < -0.4 is 16.6 Å². The van der Waals surface area contributed by atoms with Crippen LogP contribution in [-0.4, -0.2) is 21.1 Å². The topological polar surface area (TPSA) is 101 Å². The first kappa shape index (κ1) is 17.1. The van der Waals surface area contributed by atoms with Gasteiger partial charge in [0.05, 0.1) is 5.25 Å². The summed E-state index contributed by atoms with van der Waals surface area (Å²) in [5, 5.41) is 2.84. The molecular weight excluding hydrogens is 312 g/mol. The molecule has 0 saturated heterocycles. The van der Waals surface area contributed by atoms with Crippen molar-refractivity contribution in [3.63, 3.8) is 0 Å². The lowest BCUT2D eigenvalue weighted by atomic mass is 10.1. The molecule has 1 heterocycles. The molecule has 0 aliphatic heterocycles. The van der Waals surface area contributed by atoms with Gasteiger partial charge in [-0.1, -0.05) is 29.5 Å². The van der Waals surface area contributed by atoms with Gasteiger partial charge in [0, 0.05) is 11.8 Å². The molecule has 0 bridgehead atoms. The van der Waals surface area contributed by atoms with E-state index in [0.29, 0.717) is 5.16 Å². The number of carbonyl (C=O) groups excluding carboxylic acids is 1. The van der Waals surface area contributed by atoms with Crippen LogP contribution >= 0.6 is 11.8 Å². The van der Waals surface area contributed by atoms with E-state index in [1.807, 2.05) is 32.9 Å². The maximum absolute atomic E-state index is 12.4. The van der Waals surface area contributed by atoms with E-state index in [4.69, 9.17) is 5.73 Å². The van der Waals surface area contributed by atoms with Crippen LogP contribution in [0.25, 0.3) is 0 Å². The van der Waals surface area contributed by atoms with Gasteiger partial charge in [-0.2, -0.15) is 0 Å². The lowest BCUT2D eigenvalue weighted by Gasteiger charge is -2.16. The average Bonchev–Trinajstić information content (AvgIpc) is 2.41. The number of hydrogen-bond acceptors (Lipinski definition) is 5. The molecule has 0 radical (unpaired) electrons. The molecule has 23 heavy (non-hydrogen) atoms. The number of anilines is 2. The van der Waals surface area contributed by atoms with Crippen LogP contribution in [0.5, 0.6) is 0 Å². The first-order chi connectivity index (χ1) is 10.8. The van der Waals surface area contributed by atoms with E-state index in [2.05, 4.69) is 15.3 Å². The SMILES string of the molecule is Cc1cc(C)c(NC(=O)[C@@H](C)Sc2nc(N)cc(=O)[nH]2)c(C)c1. The summed E-state index contributed by atoms with van der Waals surface area (Å²) in [6, 6.07) is 5.25. The van der Waals surface area contributed by atoms with Crippen molar-refractivity contribution in [3.05, 3.63) is 45.2 Å². The standard InChI is InChI=1S/C16H20N4O2S/c1-8-5-9(2)14(10(3)6-8)20-15(22)11(4)23-16-18-12(17)7-13(21)19-16/h5-7,11H,1-4H3,(H,20,22)(H3,17,18,19,21)/t11-/m1/s1. The second kappa shape index (κ2) is 6.87. The number of rotatable bonds is 4.